The van der Waals surface area contributed by atoms with Gasteiger partial charge in [0, 0.05) is 18.1 Å². The molecular formula is C11H20N2O. The van der Waals surface area contributed by atoms with Gasteiger partial charge in [0.1, 0.15) is 0 Å². The highest BCUT2D eigenvalue weighted by atomic mass is 16.2. The van der Waals surface area contributed by atoms with Gasteiger partial charge in [-0.25, -0.2) is 4.79 Å². The van der Waals surface area contributed by atoms with Gasteiger partial charge in [-0.2, -0.15) is 0 Å². The number of carbonyl (C=O) groups is 1. The van der Waals surface area contributed by atoms with Crippen LogP contribution >= 0.6 is 0 Å². The summed E-state index contributed by atoms with van der Waals surface area (Å²) >= 11 is 0. The second kappa shape index (κ2) is 3.79. The summed E-state index contributed by atoms with van der Waals surface area (Å²) in [5.74, 6) is 0. The molecule has 0 saturated carbocycles. The van der Waals surface area contributed by atoms with Crippen molar-refractivity contribution in [2.45, 2.75) is 64.1 Å². The maximum Gasteiger partial charge on any atom is 0.318 e. The van der Waals surface area contributed by atoms with E-state index in [0.717, 1.165) is 0 Å². The molecule has 0 aliphatic carbocycles. The van der Waals surface area contributed by atoms with Crippen LogP contribution in [0.5, 0.6) is 0 Å². The number of urea groups is 1. The zero-order valence-corrected chi connectivity index (χ0v) is 9.12. The molecule has 2 aliphatic rings. The summed E-state index contributed by atoms with van der Waals surface area (Å²) in [5, 5.41) is 3.00. The van der Waals surface area contributed by atoms with E-state index in [9.17, 15) is 4.79 Å². The molecule has 0 aromatic rings. The van der Waals surface area contributed by atoms with Gasteiger partial charge in [-0.1, -0.05) is 0 Å². The highest BCUT2D eigenvalue weighted by Crippen LogP contribution is 2.35. The largest absolute Gasteiger partial charge is 0.336 e. The summed E-state index contributed by atoms with van der Waals surface area (Å²) < 4.78 is 0. The molecule has 2 unspecified atom stereocenters. The number of nitrogens with zero attached hydrogens (tertiary/aromatic N) is 1. The third-order valence-electron chi connectivity index (χ3n) is 3.34. The minimum atomic E-state index is 0.159. The molecule has 0 aromatic heterocycles. The van der Waals surface area contributed by atoms with Crippen LogP contribution in [-0.4, -0.2) is 29.1 Å². The van der Waals surface area contributed by atoms with Crippen molar-refractivity contribution in [2.75, 3.05) is 0 Å². The fraction of sp³-hybridized carbons (Fsp3) is 0.909. The van der Waals surface area contributed by atoms with Crippen molar-refractivity contribution in [1.29, 1.82) is 0 Å². The lowest BCUT2D eigenvalue weighted by atomic mass is 10.0. The first-order chi connectivity index (χ1) is 6.68. The van der Waals surface area contributed by atoms with Crippen LogP contribution in [0.4, 0.5) is 4.79 Å². The molecule has 0 spiro atoms. The van der Waals surface area contributed by atoms with Crippen LogP contribution in [0.1, 0.15) is 46.0 Å². The lowest BCUT2D eigenvalue weighted by Crippen LogP contribution is -2.50. The number of nitrogens with one attached hydrogen (secondary N) is 1. The Morgan fingerprint density at radius 2 is 1.79 bits per heavy atom. The summed E-state index contributed by atoms with van der Waals surface area (Å²) in [6.45, 7) is 4.04. The molecule has 0 radical (unpaired) electrons. The quantitative estimate of drug-likeness (QED) is 0.684. The molecule has 3 heteroatoms. The van der Waals surface area contributed by atoms with Crippen LogP contribution in [0.2, 0.25) is 0 Å². The SMILES string of the molecule is CC(C)NC(=O)N1C2CCCC1CC2. The van der Waals surface area contributed by atoms with Gasteiger partial charge >= 0.3 is 6.03 Å². The molecule has 2 aliphatic heterocycles. The Bertz CT molecular complexity index is 211. The lowest BCUT2D eigenvalue weighted by Gasteiger charge is -2.35. The van der Waals surface area contributed by atoms with Crippen molar-refractivity contribution in [2.24, 2.45) is 0 Å². The van der Waals surface area contributed by atoms with Gasteiger partial charge in [0.15, 0.2) is 0 Å². The van der Waals surface area contributed by atoms with Gasteiger partial charge in [0.2, 0.25) is 0 Å². The normalized spacial score (nSPS) is 30.9. The molecule has 3 nitrogen and oxygen atoms in total. The van der Waals surface area contributed by atoms with Gasteiger partial charge in [0.25, 0.3) is 0 Å². The number of rotatable bonds is 1. The maximum atomic E-state index is 11.9. The summed E-state index contributed by atoms with van der Waals surface area (Å²) in [4.78, 5) is 14.0. The lowest BCUT2D eigenvalue weighted by molar-refractivity contribution is 0.145. The van der Waals surface area contributed by atoms with Crippen LogP contribution in [0.25, 0.3) is 0 Å². The van der Waals surface area contributed by atoms with E-state index in [0.29, 0.717) is 12.1 Å². The van der Waals surface area contributed by atoms with E-state index in [1.165, 1.54) is 32.1 Å². The summed E-state index contributed by atoms with van der Waals surface area (Å²) in [6, 6.07) is 1.48. The molecule has 2 bridgehead atoms. The van der Waals surface area contributed by atoms with E-state index >= 15 is 0 Å². The molecule has 2 fully saturated rings. The average Bonchev–Trinajstić information content (AvgIpc) is 2.36. The smallest absolute Gasteiger partial charge is 0.318 e. The Balaban J connectivity index is 2.00. The Hall–Kier alpha value is -0.730. The molecule has 1 N–H and O–H groups in total. The fourth-order valence-corrected chi connectivity index (χ4v) is 2.77. The Kier molecular flexibility index (Phi) is 2.66. The minimum absolute atomic E-state index is 0.159. The average molecular weight is 196 g/mol. The van der Waals surface area contributed by atoms with Crippen molar-refractivity contribution < 1.29 is 4.79 Å². The van der Waals surface area contributed by atoms with E-state index in [2.05, 4.69) is 10.2 Å². The van der Waals surface area contributed by atoms with Crippen molar-refractivity contribution in [3.05, 3.63) is 0 Å². The predicted octanol–water partition coefficient (Wildman–Crippen LogP) is 2.12. The predicted molar refractivity (Wildman–Crippen MR) is 56.2 cm³/mol. The van der Waals surface area contributed by atoms with Crippen molar-refractivity contribution >= 4 is 6.03 Å². The molecule has 2 heterocycles. The minimum Gasteiger partial charge on any atom is -0.336 e. The number of amides is 2. The number of carbonyl (C=O) groups excluding carboxylic acids is 1. The standard InChI is InChI=1S/C11H20N2O/c1-8(2)12-11(14)13-9-4-3-5-10(13)7-6-9/h8-10H,3-7H2,1-2H3,(H,12,14). The first kappa shape index (κ1) is 9.81. The second-order valence-corrected chi connectivity index (χ2v) is 4.83. The number of fused-ring (bicyclic) bond motifs is 2. The van der Waals surface area contributed by atoms with Crippen LogP contribution in [0.3, 0.4) is 0 Å². The van der Waals surface area contributed by atoms with Crippen LogP contribution < -0.4 is 5.32 Å². The number of hydrogen-bond donors (Lipinski definition) is 1. The van der Waals surface area contributed by atoms with Gasteiger partial charge in [-0.3, -0.25) is 0 Å². The van der Waals surface area contributed by atoms with Gasteiger partial charge in [0.05, 0.1) is 0 Å². The van der Waals surface area contributed by atoms with Crippen LogP contribution in [-0.2, 0) is 0 Å². The first-order valence-corrected chi connectivity index (χ1v) is 5.77. The Morgan fingerprint density at radius 3 is 2.29 bits per heavy atom. The van der Waals surface area contributed by atoms with Gasteiger partial charge < -0.3 is 10.2 Å². The second-order valence-electron chi connectivity index (χ2n) is 4.83. The summed E-state index contributed by atoms with van der Waals surface area (Å²) in [7, 11) is 0. The molecule has 80 valence electrons. The van der Waals surface area contributed by atoms with Gasteiger partial charge in [-0.15, -0.1) is 0 Å². The zero-order valence-electron chi connectivity index (χ0n) is 9.12. The monoisotopic (exact) mass is 196 g/mol. The highest BCUT2D eigenvalue weighted by Gasteiger charge is 2.39. The summed E-state index contributed by atoms with van der Waals surface area (Å²) in [6.07, 6.45) is 6.16. The topological polar surface area (TPSA) is 32.3 Å². The van der Waals surface area contributed by atoms with Crippen molar-refractivity contribution in [3.63, 3.8) is 0 Å². The molecule has 2 saturated heterocycles. The fourth-order valence-electron chi connectivity index (χ4n) is 2.77. The summed E-state index contributed by atoms with van der Waals surface area (Å²) in [5.41, 5.74) is 0. The van der Waals surface area contributed by atoms with E-state index in [1.807, 2.05) is 13.8 Å². The third kappa shape index (κ3) is 1.72. The highest BCUT2D eigenvalue weighted by molar-refractivity contribution is 5.75. The molecule has 2 amide bonds. The molecule has 0 aromatic carbocycles. The van der Waals surface area contributed by atoms with E-state index in [4.69, 9.17) is 0 Å². The zero-order chi connectivity index (χ0) is 10.1. The Morgan fingerprint density at radius 1 is 1.21 bits per heavy atom. The Labute approximate surface area is 85.8 Å². The molecule has 2 rings (SSSR count). The van der Waals surface area contributed by atoms with Crippen molar-refractivity contribution in [1.82, 2.24) is 10.2 Å². The molecule has 2 atom stereocenters. The van der Waals surface area contributed by atoms with E-state index < -0.39 is 0 Å². The van der Waals surface area contributed by atoms with Crippen LogP contribution in [0.15, 0.2) is 0 Å². The first-order valence-electron chi connectivity index (χ1n) is 5.77. The van der Waals surface area contributed by atoms with Crippen molar-refractivity contribution in [3.8, 4) is 0 Å². The third-order valence-corrected chi connectivity index (χ3v) is 3.34. The van der Waals surface area contributed by atoms with E-state index in [1.54, 1.807) is 0 Å². The van der Waals surface area contributed by atoms with Gasteiger partial charge in [-0.05, 0) is 46.0 Å². The number of hydrogen-bond acceptors (Lipinski definition) is 1. The van der Waals surface area contributed by atoms with Crippen LogP contribution in [0, 0.1) is 0 Å². The molecular weight excluding hydrogens is 176 g/mol. The molecule has 14 heavy (non-hydrogen) atoms. The van der Waals surface area contributed by atoms with E-state index in [-0.39, 0.29) is 12.1 Å². The maximum absolute atomic E-state index is 11.9. The number of piperidine rings is 1.